The van der Waals surface area contributed by atoms with Crippen molar-refractivity contribution in [2.24, 2.45) is 0 Å². The van der Waals surface area contributed by atoms with E-state index in [1.807, 2.05) is 40.1 Å². The summed E-state index contributed by atoms with van der Waals surface area (Å²) in [7, 11) is 0. The number of aromatic amines is 1. The quantitative estimate of drug-likeness (QED) is 0.850. The molecule has 3 fully saturated rings. The van der Waals surface area contributed by atoms with E-state index in [4.69, 9.17) is 4.74 Å². The lowest BCUT2D eigenvalue weighted by Crippen LogP contribution is -2.49. The monoisotopic (exact) mass is 392 g/mol. The topological polar surface area (TPSA) is 78.5 Å². The lowest BCUT2D eigenvalue weighted by Gasteiger charge is -2.31. The number of H-pyrrole nitrogens is 1. The van der Waals surface area contributed by atoms with Crippen molar-refractivity contribution in [1.29, 1.82) is 0 Å². The molecule has 29 heavy (non-hydrogen) atoms. The highest BCUT2D eigenvalue weighted by atomic mass is 16.5. The van der Waals surface area contributed by atoms with E-state index in [1.165, 1.54) is 0 Å². The maximum Gasteiger partial charge on any atom is 0.275 e. The second-order valence-corrected chi connectivity index (χ2v) is 8.57. The first-order chi connectivity index (χ1) is 14.2. The summed E-state index contributed by atoms with van der Waals surface area (Å²) in [6.45, 7) is 1.15. The minimum absolute atomic E-state index is 0.0623. The highest BCUT2D eigenvalue weighted by Gasteiger charge is 2.65. The van der Waals surface area contributed by atoms with Crippen molar-refractivity contribution in [1.82, 2.24) is 20.0 Å². The van der Waals surface area contributed by atoms with E-state index in [1.54, 1.807) is 0 Å². The van der Waals surface area contributed by atoms with E-state index in [-0.39, 0.29) is 24.0 Å². The Morgan fingerprint density at radius 2 is 2.03 bits per heavy atom. The number of hydrogen-bond donors (Lipinski definition) is 1. The van der Waals surface area contributed by atoms with Crippen LogP contribution in [-0.2, 0) is 22.4 Å². The van der Waals surface area contributed by atoms with Gasteiger partial charge < -0.3 is 14.5 Å². The Balaban J connectivity index is 1.30. The standard InChI is InChI=1S/C22H24N4O3/c27-19-12-18-22(26(19)13-17(29-22)14-6-2-1-3-7-14)10-11-25(18)21(28)20-15-8-4-5-9-16(15)23-24-20/h1-3,6-7,17-18H,4-5,8-13H2,(H,23,24)/t17-,18-,22+/m1/s1. The Kier molecular flexibility index (Phi) is 3.66. The molecule has 1 aromatic carbocycles. The van der Waals surface area contributed by atoms with Crippen LogP contribution in [0.4, 0.5) is 0 Å². The summed E-state index contributed by atoms with van der Waals surface area (Å²) >= 11 is 0. The second kappa shape index (κ2) is 6.16. The number of hydrogen-bond acceptors (Lipinski definition) is 4. The first-order valence-electron chi connectivity index (χ1n) is 10.6. The fourth-order valence-corrected chi connectivity index (χ4v) is 5.70. The van der Waals surface area contributed by atoms with Crippen LogP contribution < -0.4 is 0 Å². The highest BCUT2D eigenvalue weighted by Crippen LogP contribution is 2.50. The van der Waals surface area contributed by atoms with Gasteiger partial charge in [0.25, 0.3) is 5.91 Å². The highest BCUT2D eigenvalue weighted by molar-refractivity contribution is 5.95. The molecule has 1 aromatic heterocycles. The zero-order valence-electron chi connectivity index (χ0n) is 16.3. The van der Waals surface area contributed by atoms with Crippen LogP contribution in [0, 0.1) is 0 Å². The molecule has 6 rings (SSSR count). The minimum Gasteiger partial charge on any atom is -0.343 e. The van der Waals surface area contributed by atoms with Gasteiger partial charge >= 0.3 is 0 Å². The van der Waals surface area contributed by atoms with Crippen molar-refractivity contribution < 1.29 is 14.3 Å². The molecule has 1 aliphatic carbocycles. The number of aryl methyl sites for hydroxylation is 1. The third-order valence-corrected chi connectivity index (χ3v) is 7.12. The van der Waals surface area contributed by atoms with E-state index in [2.05, 4.69) is 10.2 Å². The van der Waals surface area contributed by atoms with Gasteiger partial charge in [0.2, 0.25) is 5.91 Å². The summed E-state index contributed by atoms with van der Waals surface area (Å²) in [6.07, 6.45) is 4.93. The predicted octanol–water partition coefficient (Wildman–Crippen LogP) is 2.20. The summed E-state index contributed by atoms with van der Waals surface area (Å²) in [5.41, 5.74) is 3.09. The molecule has 150 valence electrons. The average molecular weight is 392 g/mol. The third kappa shape index (κ3) is 2.37. The number of benzene rings is 1. The molecule has 0 radical (unpaired) electrons. The number of fused-ring (bicyclic) bond motifs is 1. The summed E-state index contributed by atoms with van der Waals surface area (Å²) in [5.74, 6) is 0.0164. The molecule has 3 atom stereocenters. The van der Waals surface area contributed by atoms with Crippen molar-refractivity contribution in [3.63, 3.8) is 0 Å². The van der Waals surface area contributed by atoms with Crippen LogP contribution in [0.2, 0.25) is 0 Å². The van der Waals surface area contributed by atoms with Crippen molar-refractivity contribution in [3.05, 3.63) is 52.8 Å². The molecule has 2 aromatic rings. The first kappa shape index (κ1) is 17.2. The van der Waals surface area contributed by atoms with Gasteiger partial charge in [-0.05, 0) is 31.2 Å². The zero-order valence-corrected chi connectivity index (χ0v) is 16.3. The van der Waals surface area contributed by atoms with Gasteiger partial charge in [-0.1, -0.05) is 30.3 Å². The molecule has 0 bridgehead atoms. The van der Waals surface area contributed by atoms with Gasteiger partial charge in [-0.25, -0.2) is 0 Å². The molecule has 3 saturated heterocycles. The largest absolute Gasteiger partial charge is 0.343 e. The molecule has 4 heterocycles. The fraction of sp³-hybridized carbons (Fsp3) is 0.500. The average Bonchev–Trinajstić information content (AvgIpc) is 3.48. The number of carbonyl (C=O) groups is 2. The number of amides is 2. The normalized spacial score (nSPS) is 30.4. The van der Waals surface area contributed by atoms with Crippen LogP contribution in [0.15, 0.2) is 30.3 Å². The molecule has 7 heteroatoms. The molecular weight excluding hydrogens is 368 g/mol. The van der Waals surface area contributed by atoms with E-state index >= 15 is 0 Å². The van der Waals surface area contributed by atoms with Gasteiger partial charge in [0.15, 0.2) is 11.4 Å². The van der Waals surface area contributed by atoms with Crippen molar-refractivity contribution in [3.8, 4) is 0 Å². The van der Waals surface area contributed by atoms with E-state index in [9.17, 15) is 9.59 Å². The van der Waals surface area contributed by atoms with Crippen molar-refractivity contribution >= 4 is 11.8 Å². The number of nitrogens with zero attached hydrogens (tertiary/aromatic N) is 3. The number of nitrogens with one attached hydrogen (secondary N) is 1. The first-order valence-corrected chi connectivity index (χ1v) is 10.6. The fourth-order valence-electron chi connectivity index (χ4n) is 5.70. The summed E-state index contributed by atoms with van der Waals surface area (Å²) in [6, 6.07) is 9.79. The summed E-state index contributed by atoms with van der Waals surface area (Å²) in [4.78, 5) is 30.0. The molecule has 1 spiro atoms. The van der Waals surface area contributed by atoms with Crippen LogP contribution in [0.3, 0.4) is 0 Å². The Hall–Kier alpha value is -2.67. The van der Waals surface area contributed by atoms with Crippen LogP contribution in [0.25, 0.3) is 0 Å². The third-order valence-electron chi connectivity index (χ3n) is 7.12. The van der Waals surface area contributed by atoms with Crippen molar-refractivity contribution in [2.45, 2.75) is 56.4 Å². The maximum absolute atomic E-state index is 13.4. The van der Waals surface area contributed by atoms with E-state index < -0.39 is 5.72 Å². The lowest BCUT2D eigenvalue weighted by molar-refractivity contribution is -0.138. The van der Waals surface area contributed by atoms with E-state index in [0.717, 1.165) is 42.5 Å². The predicted molar refractivity (Wildman–Crippen MR) is 104 cm³/mol. The minimum atomic E-state index is -0.691. The number of carbonyl (C=O) groups excluding carboxylic acids is 2. The maximum atomic E-state index is 13.4. The van der Waals surface area contributed by atoms with Gasteiger partial charge in [-0.15, -0.1) is 0 Å². The van der Waals surface area contributed by atoms with Gasteiger partial charge in [0.1, 0.15) is 6.10 Å². The number of likely N-dealkylation sites (tertiary alicyclic amines) is 1. The number of ether oxygens (including phenoxy) is 1. The number of rotatable bonds is 2. The Morgan fingerprint density at radius 1 is 1.21 bits per heavy atom. The van der Waals surface area contributed by atoms with Gasteiger partial charge in [0.05, 0.1) is 19.0 Å². The summed E-state index contributed by atoms with van der Waals surface area (Å²) in [5, 5.41) is 7.43. The van der Waals surface area contributed by atoms with Crippen LogP contribution >= 0.6 is 0 Å². The Bertz CT molecular complexity index is 987. The molecule has 7 nitrogen and oxygen atoms in total. The van der Waals surface area contributed by atoms with Gasteiger partial charge in [-0.3, -0.25) is 14.7 Å². The molecule has 4 aliphatic rings. The molecule has 3 aliphatic heterocycles. The van der Waals surface area contributed by atoms with Crippen LogP contribution in [0.5, 0.6) is 0 Å². The Morgan fingerprint density at radius 3 is 2.90 bits per heavy atom. The SMILES string of the molecule is O=C(c1n[nH]c2c1CCCC2)N1CC[C@@]23O[C@@H](c4ccccc4)CN2C(=O)C[C@@H]13. The molecule has 0 unspecified atom stereocenters. The molecule has 1 N–H and O–H groups in total. The van der Waals surface area contributed by atoms with Crippen molar-refractivity contribution in [2.75, 3.05) is 13.1 Å². The lowest BCUT2D eigenvalue weighted by atomic mass is 9.95. The number of aromatic nitrogens is 2. The van der Waals surface area contributed by atoms with Crippen LogP contribution in [-0.4, -0.2) is 56.7 Å². The van der Waals surface area contributed by atoms with Gasteiger partial charge in [0, 0.05) is 24.2 Å². The summed E-state index contributed by atoms with van der Waals surface area (Å²) < 4.78 is 6.55. The van der Waals surface area contributed by atoms with Gasteiger partial charge in [-0.2, -0.15) is 5.10 Å². The zero-order chi connectivity index (χ0) is 19.6. The molecular formula is C22H24N4O3. The van der Waals surface area contributed by atoms with Crippen LogP contribution in [0.1, 0.15) is 59.1 Å². The second-order valence-electron chi connectivity index (χ2n) is 8.57. The molecule has 0 saturated carbocycles. The Labute approximate surface area is 169 Å². The van der Waals surface area contributed by atoms with E-state index in [0.29, 0.717) is 31.6 Å². The smallest absolute Gasteiger partial charge is 0.275 e. The molecule has 2 amide bonds.